The van der Waals surface area contributed by atoms with Crippen molar-refractivity contribution in [1.29, 1.82) is 0 Å². The average Bonchev–Trinajstić information content (AvgIpc) is 2.55. The summed E-state index contributed by atoms with van der Waals surface area (Å²) in [5.74, 6) is -0.864. The molecule has 0 saturated heterocycles. The summed E-state index contributed by atoms with van der Waals surface area (Å²) < 4.78 is 37.1. The first-order valence-electron chi connectivity index (χ1n) is 7.63. The highest BCUT2D eigenvalue weighted by atomic mass is 32.2. The van der Waals surface area contributed by atoms with Gasteiger partial charge >= 0.3 is 0 Å². The third-order valence-electron chi connectivity index (χ3n) is 3.16. The first-order chi connectivity index (χ1) is 11.8. The van der Waals surface area contributed by atoms with Crippen LogP contribution in [0.25, 0.3) is 0 Å². The van der Waals surface area contributed by atoms with Crippen LogP contribution in [-0.4, -0.2) is 42.6 Å². The molecular weight excluding hydrogens is 347 g/mol. The topological polar surface area (TPSA) is 101 Å². The Hall–Kier alpha value is -2.55. The monoisotopic (exact) mass is 366 g/mol. The summed E-state index contributed by atoms with van der Waals surface area (Å²) in [4.78, 5) is 20.0. The predicted octanol–water partition coefficient (Wildman–Crippen LogP) is 1.64. The fourth-order valence-corrected chi connectivity index (χ4v) is 3.10. The van der Waals surface area contributed by atoms with E-state index in [2.05, 4.69) is 20.6 Å². The Morgan fingerprint density at radius 1 is 1.16 bits per heavy atom. The number of hydrogen-bond donors (Lipinski definition) is 2. The summed E-state index contributed by atoms with van der Waals surface area (Å²) in [6.07, 6.45) is 2.73. The van der Waals surface area contributed by atoms with Gasteiger partial charge in [0.05, 0.1) is 16.2 Å². The lowest BCUT2D eigenvalue weighted by Gasteiger charge is -2.09. The second kappa shape index (κ2) is 8.02. The molecule has 0 aliphatic rings. The fourth-order valence-electron chi connectivity index (χ4n) is 1.94. The number of nitrogens with zero attached hydrogens (tertiary/aromatic N) is 2. The number of benzene rings is 1. The van der Waals surface area contributed by atoms with Gasteiger partial charge in [-0.2, -0.15) is 0 Å². The minimum absolute atomic E-state index is 0.00981. The van der Waals surface area contributed by atoms with Crippen molar-refractivity contribution in [1.82, 2.24) is 15.3 Å². The second-order valence-corrected chi connectivity index (χ2v) is 7.73. The van der Waals surface area contributed by atoms with Crippen LogP contribution in [0.4, 0.5) is 10.3 Å². The number of sulfone groups is 1. The number of amides is 1. The Balaban J connectivity index is 1.90. The van der Waals surface area contributed by atoms with Gasteiger partial charge in [-0.25, -0.2) is 22.8 Å². The van der Waals surface area contributed by atoms with E-state index in [0.29, 0.717) is 5.95 Å². The zero-order valence-corrected chi connectivity index (χ0v) is 14.7. The molecule has 0 unspecified atom stereocenters. The van der Waals surface area contributed by atoms with Crippen molar-refractivity contribution in [2.45, 2.75) is 24.8 Å². The number of rotatable bonds is 7. The minimum atomic E-state index is -3.60. The Kier molecular flexibility index (Phi) is 6.02. The maximum Gasteiger partial charge on any atom is 0.254 e. The van der Waals surface area contributed by atoms with E-state index in [1.165, 1.54) is 24.5 Å². The van der Waals surface area contributed by atoms with Crippen molar-refractivity contribution in [3.63, 3.8) is 0 Å². The molecule has 2 rings (SSSR count). The number of carbonyl (C=O) groups is 1. The summed E-state index contributed by atoms with van der Waals surface area (Å²) in [5, 5.41) is 5.50. The van der Waals surface area contributed by atoms with Crippen LogP contribution in [0.2, 0.25) is 0 Å². The molecule has 0 radical (unpaired) electrons. The molecule has 0 spiro atoms. The molecule has 0 atom stereocenters. The minimum Gasteiger partial charge on any atom is -0.352 e. The molecule has 0 aliphatic heterocycles. The smallest absolute Gasteiger partial charge is 0.254 e. The molecule has 2 N–H and O–H groups in total. The molecule has 2 aromatic rings. The van der Waals surface area contributed by atoms with Crippen LogP contribution in [0.5, 0.6) is 0 Å². The number of nitrogens with one attached hydrogen (secondary N) is 2. The van der Waals surface area contributed by atoms with Gasteiger partial charge in [0.25, 0.3) is 5.91 Å². The number of hydrogen-bond acceptors (Lipinski definition) is 6. The number of aromatic nitrogens is 2. The molecule has 0 aliphatic carbocycles. The van der Waals surface area contributed by atoms with Gasteiger partial charge in [-0.05, 0) is 38.1 Å². The summed E-state index contributed by atoms with van der Waals surface area (Å²) in [7, 11) is -3.60. The first kappa shape index (κ1) is 18.8. The molecule has 1 heterocycles. The zero-order valence-electron chi connectivity index (χ0n) is 13.9. The van der Waals surface area contributed by atoms with E-state index in [9.17, 15) is 17.6 Å². The maximum absolute atomic E-state index is 12.9. The Morgan fingerprint density at radius 2 is 1.76 bits per heavy atom. The molecule has 0 fully saturated rings. The molecular formula is C16H19FN4O3S. The van der Waals surface area contributed by atoms with E-state index in [4.69, 9.17) is 0 Å². The van der Waals surface area contributed by atoms with Gasteiger partial charge in [-0.15, -0.1) is 0 Å². The molecule has 25 heavy (non-hydrogen) atoms. The van der Waals surface area contributed by atoms with E-state index in [0.717, 1.165) is 12.1 Å². The third kappa shape index (κ3) is 5.49. The van der Waals surface area contributed by atoms with Crippen molar-refractivity contribution in [2.75, 3.05) is 17.6 Å². The molecule has 1 amide bonds. The van der Waals surface area contributed by atoms with Gasteiger partial charge in [0.2, 0.25) is 5.95 Å². The number of anilines is 1. The molecule has 1 aromatic carbocycles. The van der Waals surface area contributed by atoms with E-state index in [1.54, 1.807) is 0 Å². The normalized spacial score (nSPS) is 11.4. The number of carbonyl (C=O) groups excluding carboxylic acids is 1. The van der Waals surface area contributed by atoms with Gasteiger partial charge in [-0.1, -0.05) is 0 Å². The second-order valence-electron chi connectivity index (χ2n) is 5.62. The molecule has 134 valence electrons. The Morgan fingerprint density at radius 3 is 2.32 bits per heavy atom. The van der Waals surface area contributed by atoms with Crippen molar-refractivity contribution < 1.29 is 17.6 Å². The third-order valence-corrected chi connectivity index (χ3v) is 4.89. The zero-order chi connectivity index (χ0) is 18.4. The number of halogens is 1. The van der Waals surface area contributed by atoms with E-state index in [-0.39, 0.29) is 28.8 Å². The van der Waals surface area contributed by atoms with Crippen molar-refractivity contribution in [3.8, 4) is 0 Å². The lowest BCUT2D eigenvalue weighted by Crippen LogP contribution is -2.29. The van der Waals surface area contributed by atoms with Crippen LogP contribution in [0, 0.1) is 5.82 Å². The van der Waals surface area contributed by atoms with E-state index >= 15 is 0 Å². The van der Waals surface area contributed by atoms with Gasteiger partial charge in [-0.3, -0.25) is 4.79 Å². The standard InChI is InChI=1S/C16H19FN4O3S/c1-11(2)21-16-19-9-12(10-20-16)15(22)18-7-8-25(23,24)14-5-3-13(17)4-6-14/h3-6,9-11H,7-8H2,1-2H3,(H,18,22)(H,19,20,21). The SMILES string of the molecule is CC(C)Nc1ncc(C(=O)NCCS(=O)(=O)c2ccc(F)cc2)cn1. The summed E-state index contributed by atoms with van der Waals surface area (Å²) in [6.45, 7) is 3.79. The van der Waals surface area contributed by atoms with Crippen LogP contribution in [0.3, 0.4) is 0 Å². The molecule has 1 aromatic heterocycles. The highest BCUT2D eigenvalue weighted by molar-refractivity contribution is 7.91. The van der Waals surface area contributed by atoms with Crippen LogP contribution in [0.1, 0.15) is 24.2 Å². The van der Waals surface area contributed by atoms with E-state index < -0.39 is 21.6 Å². The highest BCUT2D eigenvalue weighted by Gasteiger charge is 2.15. The average molecular weight is 366 g/mol. The van der Waals surface area contributed by atoms with Crippen molar-refractivity contribution in [3.05, 3.63) is 48.0 Å². The fraction of sp³-hybridized carbons (Fsp3) is 0.312. The quantitative estimate of drug-likeness (QED) is 0.723. The lowest BCUT2D eigenvalue weighted by molar-refractivity contribution is 0.0955. The molecule has 9 heteroatoms. The van der Waals surface area contributed by atoms with Crippen LogP contribution in [0.15, 0.2) is 41.6 Å². The Labute approximate surface area is 145 Å². The van der Waals surface area contributed by atoms with Gasteiger partial charge in [0, 0.05) is 25.0 Å². The summed E-state index contributed by atoms with van der Waals surface area (Å²) >= 11 is 0. The molecule has 0 bridgehead atoms. The lowest BCUT2D eigenvalue weighted by atomic mass is 10.3. The molecule has 7 nitrogen and oxygen atoms in total. The first-order valence-corrected chi connectivity index (χ1v) is 9.28. The van der Waals surface area contributed by atoms with E-state index in [1.807, 2.05) is 13.8 Å². The van der Waals surface area contributed by atoms with Crippen LogP contribution in [-0.2, 0) is 9.84 Å². The molecule has 0 saturated carbocycles. The predicted molar refractivity (Wildman–Crippen MR) is 91.6 cm³/mol. The Bertz CT molecular complexity index is 821. The van der Waals surface area contributed by atoms with Gasteiger partial charge < -0.3 is 10.6 Å². The van der Waals surface area contributed by atoms with Crippen molar-refractivity contribution in [2.24, 2.45) is 0 Å². The van der Waals surface area contributed by atoms with Crippen LogP contribution < -0.4 is 10.6 Å². The van der Waals surface area contributed by atoms with Gasteiger partial charge in [0.15, 0.2) is 9.84 Å². The summed E-state index contributed by atoms with van der Waals surface area (Å²) in [6, 6.07) is 4.71. The maximum atomic E-state index is 12.9. The van der Waals surface area contributed by atoms with Crippen LogP contribution >= 0.6 is 0 Å². The van der Waals surface area contributed by atoms with Crippen molar-refractivity contribution >= 4 is 21.7 Å². The van der Waals surface area contributed by atoms with Gasteiger partial charge in [0.1, 0.15) is 5.82 Å². The summed E-state index contributed by atoms with van der Waals surface area (Å²) in [5.41, 5.74) is 0.230. The largest absolute Gasteiger partial charge is 0.352 e. The highest BCUT2D eigenvalue weighted by Crippen LogP contribution is 2.11.